The van der Waals surface area contributed by atoms with Gasteiger partial charge < -0.3 is 10.2 Å². The summed E-state index contributed by atoms with van der Waals surface area (Å²) in [5.41, 5.74) is 2.95. The van der Waals surface area contributed by atoms with Gasteiger partial charge in [0.1, 0.15) is 12.6 Å². The third kappa shape index (κ3) is 9.33. The number of hydrogen-bond acceptors (Lipinski definition) is 4. The van der Waals surface area contributed by atoms with E-state index in [0.717, 1.165) is 33.8 Å². The molecule has 0 unspecified atom stereocenters. The lowest BCUT2D eigenvalue weighted by molar-refractivity contribution is -0.140. The number of anilines is 1. The van der Waals surface area contributed by atoms with Crippen LogP contribution in [0.1, 0.15) is 36.5 Å². The standard InChI is InChI=1S/C35H37Cl2N3O4S/c1-3-4-21-38-35(42)33(22-27-9-6-5-7-10-27)39(24-28-15-13-26(2)14-16-28)34(41)25-40(31-12-8-11-30(37)23-31)45(43,44)32-19-17-29(36)18-20-32/h5-20,23,33H,3-4,21-22,24-25H2,1-2H3,(H,38,42)/t33-/m0/s1. The first-order chi connectivity index (χ1) is 21.6. The minimum absolute atomic E-state index is 0.0390. The van der Waals surface area contributed by atoms with Crippen LogP contribution < -0.4 is 9.62 Å². The zero-order chi connectivity index (χ0) is 32.4. The summed E-state index contributed by atoms with van der Waals surface area (Å²) in [6.45, 7) is 4.00. The smallest absolute Gasteiger partial charge is 0.264 e. The Morgan fingerprint density at radius 3 is 2.16 bits per heavy atom. The van der Waals surface area contributed by atoms with Gasteiger partial charge in [-0.1, -0.05) is 103 Å². The molecule has 0 aliphatic heterocycles. The van der Waals surface area contributed by atoms with E-state index in [1.54, 1.807) is 18.2 Å². The Hall–Kier alpha value is -3.85. The van der Waals surface area contributed by atoms with Crippen molar-refractivity contribution in [2.24, 2.45) is 0 Å². The van der Waals surface area contributed by atoms with Crippen LogP contribution in [0.25, 0.3) is 0 Å². The molecule has 1 N–H and O–H groups in total. The number of carbonyl (C=O) groups excluding carboxylic acids is 2. The van der Waals surface area contributed by atoms with E-state index >= 15 is 0 Å². The van der Waals surface area contributed by atoms with Crippen molar-refractivity contribution in [3.8, 4) is 0 Å². The minimum Gasteiger partial charge on any atom is -0.354 e. The summed E-state index contributed by atoms with van der Waals surface area (Å²) in [6, 6.07) is 28.3. The predicted molar refractivity (Wildman–Crippen MR) is 181 cm³/mol. The molecule has 4 aromatic rings. The fraction of sp³-hybridized carbons (Fsp3) is 0.257. The second kappa shape index (κ2) is 15.9. The molecule has 45 heavy (non-hydrogen) atoms. The second-order valence-electron chi connectivity index (χ2n) is 10.8. The van der Waals surface area contributed by atoms with Gasteiger partial charge in [-0.15, -0.1) is 0 Å². The number of amides is 2. The largest absolute Gasteiger partial charge is 0.354 e. The van der Waals surface area contributed by atoms with E-state index in [-0.39, 0.29) is 29.5 Å². The van der Waals surface area contributed by atoms with Gasteiger partial charge in [0.15, 0.2) is 0 Å². The molecule has 1 atom stereocenters. The summed E-state index contributed by atoms with van der Waals surface area (Å²) in [5.74, 6) is -0.845. The van der Waals surface area contributed by atoms with Gasteiger partial charge >= 0.3 is 0 Å². The predicted octanol–water partition coefficient (Wildman–Crippen LogP) is 7.05. The molecular formula is C35H37Cl2N3O4S. The molecule has 0 saturated heterocycles. The van der Waals surface area contributed by atoms with E-state index in [4.69, 9.17) is 23.2 Å². The molecule has 4 aromatic carbocycles. The maximum atomic E-state index is 14.5. The number of nitrogens with zero attached hydrogens (tertiary/aromatic N) is 2. The third-order valence-corrected chi connectivity index (χ3v) is 9.63. The molecule has 0 aliphatic rings. The second-order valence-corrected chi connectivity index (χ2v) is 13.5. The monoisotopic (exact) mass is 665 g/mol. The Kier molecular flexibility index (Phi) is 12.0. The molecule has 0 heterocycles. The van der Waals surface area contributed by atoms with Crippen LogP contribution in [0.3, 0.4) is 0 Å². The number of nitrogens with one attached hydrogen (secondary N) is 1. The molecule has 0 spiro atoms. The van der Waals surface area contributed by atoms with Crippen LogP contribution >= 0.6 is 23.2 Å². The van der Waals surface area contributed by atoms with Crippen LogP contribution in [-0.4, -0.2) is 44.3 Å². The molecular weight excluding hydrogens is 629 g/mol. The Balaban J connectivity index is 1.78. The lowest BCUT2D eigenvalue weighted by Crippen LogP contribution is -2.53. The fourth-order valence-electron chi connectivity index (χ4n) is 4.84. The van der Waals surface area contributed by atoms with Crippen molar-refractivity contribution in [3.63, 3.8) is 0 Å². The summed E-state index contributed by atoms with van der Waals surface area (Å²) in [6.07, 6.45) is 1.93. The lowest BCUT2D eigenvalue weighted by Gasteiger charge is -2.34. The number of hydrogen-bond donors (Lipinski definition) is 1. The highest BCUT2D eigenvalue weighted by Crippen LogP contribution is 2.28. The van der Waals surface area contributed by atoms with Crippen LogP contribution in [0.4, 0.5) is 5.69 Å². The number of aryl methyl sites for hydroxylation is 1. The highest BCUT2D eigenvalue weighted by Gasteiger charge is 2.34. The van der Waals surface area contributed by atoms with Crippen LogP contribution in [0.5, 0.6) is 0 Å². The van der Waals surface area contributed by atoms with Crippen molar-refractivity contribution in [2.45, 2.75) is 50.6 Å². The van der Waals surface area contributed by atoms with Crippen molar-refractivity contribution in [3.05, 3.63) is 130 Å². The number of carbonyl (C=O) groups is 2. The molecule has 10 heteroatoms. The van der Waals surface area contributed by atoms with E-state index in [0.29, 0.717) is 16.6 Å². The van der Waals surface area contributed by atoms with Gasteiger partial charge in [0.25, 0.3) is 10.0 Å². The van der Waals surface area contributed by atoms with E-state index in [9.17, 15) is 18.0 Å². The Morgan fingerprint density at radius 1 is 0.822 bits per heavy atom. The molecule has 236 valence electrons. The highest BCUT2D eigenvalue weighted by molar-refractivity contribution is 7.92. The van der Waals surface area contributed by atoms with Gasteiger partial charge in [0.05, 0.1) is 10.6 Å². The van der Waals surface area contributed by atoms with E-state index in [1.165, 1.54) is 35.2 Å². The summed E-state index contributed by atoms with van der Waals surface area (Å²) in [7, 11) is -4.25. The van der Waals surface area contributed by atoms with E-state index in [1.807, 2.05) is 68.4 Å². The average molecular weight is 667 g/mol. The van der Waals surface area contributed by atoms with Crippen LogP contribution in [0.15, 0.2) is 108 Å². The average Bonchev–Trinajstić information content (AvgIpc) is 3.03. The van der Waals surface area contributed by atoms with Crippen LogP contribution in [0, 0.1) is 6.92 Å². The van der Waals surface area contributed by atoms with Crippen LogP contribution in [0.2, 0.25) is 10.0 Å². The van der Waals surface area contributed by atoms with Crippen LogP contribution in [-0.2, 0) is 32.6 Å². The number of rotatable bonds is 14. The molecule has 2 amide bonds. The van der Waals surface area contributed by atoms with Gasteiger partial charge in [0.2, 0.25) is 11.8 Å². The summed E-state index contributed by atoms with van der Waals surface area (Å²) in [4.78, 5) is 29.7. The van der Waals surface area contributed by atoms with E-state index in [2.05, 4.69) is 5.32 Å². The topological polar surface area (TPSA) is 86.8 Å². The van der Waals surface area contributed by atoms with Gasteiger partial charge in [-0.2, -0.15) is 0 Å². The first kappa shape index (κ1) is 34.0. The zero-order valence-corrected chi connectivity index (χ0v) is 27.7. The molecule has 0 fully saturated rings. The van der Waals surface area contributed by atoms with Gasteiger partial charge in [-0.3, -0.25) is 13.9 Å². The zero-order valence-electron chi connectivity index (χ0n) is 25.3. The summed E-state index contributed by atoms with van der Waals surface area (Å²) in [5, 5.41) is 3.68. The number of benzene rings is 4. The lowest BCUT2D eigenvalue weighted by atomic mass is 10.0. The van der Waals surface area contributed by atoms with Gasteiger partial charge in [-0.25, -0.2) is 8.42 Å². The SMILES string of the molecule is CCCCNC(=O)[C@H](Cc1ccccc1)N(Cc1ccc(C)cc1)C(=O)CN(c1cccc(Cl)c1)S(=O)(=O)c1ccc(Cl)cc1. The summed E-state index contributed by atoms with van der Waals surface area (Å²) < 4.78 is 29.2. The van der Waals surface area contributed by atoms with Crippen molar-refractivity contribution < 1.29 is 18.0 Å². The normalized spacial score (nSPS) is 11.9. The van der Waals surface area contributed by atoms with Gasteiger partial charge in [-0.05, 0) is 66.9 Å². The molecule has 0 radical (unpaired) electrons. The number of sulfonamides is 1. The Labute approximate surface area is 275 Å². The number of halogens is 2. The molecule has 0 aliphatic carbocycles. The molecule has 0 saturated carbocycles. The van der Waals surface area contributed by atoms with Crippen molar-refractivity contribution in [2.75, 3.05) is 17.4 Å². The molecule has 7 nitrogen and oxygen atoms in total. The summed E-state index contributed by atoms with van der Waals surface area (Å²) >= 11 is 12.3. The molecule has 4 rings (SSSR count). The van der Waals surface area contributed by atoms with Crippen molar-refractivity contribution >= 4 is 50.7 Å². The van der Waals surface area contributed by atoms with Crippen molar-refractivity contribution in [1.82, 2.24) is 10.2 Å². The maximum absolute atomic E-state index is 14.5. The third-order valence-electron chi connectivity index (χ3n) is 7.35. The first-order valence-electron chi connectivity index (χ1n) is 14.8. The fourth-order valence-corrected chi connectivity index (χ4v) is 6.56. The van der Waals surface area contributed by atoms with E-state index < -0.39 is 28.5 Å². The Bertz CT molecular complexity index is 1680. The number of unbranched alkanes of at least 4 members (excludes halogenated alkanes) is 1. The maximum Gasteiger partial charge on any atom is 0.264 e. The quantitative estimate of drug-likeness (QED) is 0.146. The minimum atomic E-state index is -4.25. The first-order valence-corrected chi connectivity index (χ1v) is 17.0. The Morgan fingerprint density at radius 2 is 1.51 bits per heavy atom. The molecule has 0 bridgehead atoms. The van der Waals surface area contributed by atoms with Gasteiger partial charge in [0, 0.05) is 29.6 Å². The molecule has 0 aromatic heterocycles. The van der Waals surface area contributed by atoms with Crippen molar-refractivity contribution in [1.29, 1.82) is 0 Å². The highest BCUT2D eigenvalue weighted by atomic mass is 35.5.